The second-order valence-electron chi connectivity index (χ2n) is 5.99. The van der Waals surface area contributed by atoms with Gasteiger partial charge in [-0.25, -0.2) is 0 Å². The summed E-state index contributed by atoms with van der Waals surface area (Å²) in [5.41, 5.74) is 2.69. The second kappa shape index (κ2) is 8.10. The Morgan fingerprint density at radius 1 is 0.593 bits per heavy atom. The lowest BCUT2D eigenvalue weighted by atomic mass is 10.1. The van der Waals surface area contributed by atoms with Gasteiger partial charge in [-0.2, -0.15) is 0 Å². The molecule has 3 rings (SSSR count). The highest BCUT2D eigenvalue weighted by molar-refractivity contribution is 6.06. The molecule has 2 N–H and O–H groups in total. The Kier molecular flexibility index (Phi) is 5.42. The molecule has 0 heterocycles. The first-order valence-electron chi connectivity index (χ1n) is 8.42. The molecule has 0 aromatic heterocycles. The van der Waals surface area contributed by atoms with E-state index in [1.807, 2.05) is 6.07 Å². The van der Waals surface area contributed by atoms with Crippen LogP contribution in [-0.2, 0) is 0 Å². The highest BCUT2D eigenvalue weighted by atomic mass is 16.2. The highest BCUT2D eigenvalue weighted by Crippen LogP contribution is 2.15. The summed E-state index contributed by atoms with van der Waals surface area (Å²) < 4.78 is 0. The lowest BCUT2D eigenvalue weighted by Crippen LogP contribution is -2.14. The van der Waals surface area contributed by atoms with Crippen molar-refractivity contribution in [3.63, 3.8) is 0 Å². The van der Waals surface area contributed by atoms with E-state index in [1.54, 1.807) is 72.8 Å². The molecule has 0 aliphatic carbocycles. The van der Waals surface area contributed by atoms with Crippen LogP contribution in [-0.4, -0.2) is 17.6 Å². The number of benzene rings is 3. The summed E-state index contributed by atoms with van der Waals surface area (Å²) >= 11 is 0. The van der Waals surface area contributed by atoms with Crippen LogP contribution in [0.4, 0.5) is 11.4 Å². The third kappa shape index (κ3) is 4.67. The fraction of sp³-hybridized carbons (Fsp3) is 0.0455. The molecule has 3 aromatic rings. The number of ketones is 1. The molecule has 5 nitrogen and oxygen atoms in total. The number of amides is 2. The van der Waals surface area contributed by atoms with Crippen molar-refractivity contribution in [2.75, 3.05) is 10.6 Å². The van der Waals surface area contributed by atoms with E-state index in [9.17, 15) is 14.4 Å². The van der Waals surface area contributed by atoms with E-state index in [0.717, 1.165) is 0 Å². The van der Waals surface area contributed by atoms with Crippen LogP contribution in [0.3, 0.4) is 0 Å². The molecule has 0 saturated carbocycles. The average Bonchev–Trinajstić information content (AvgIpc) is 2.69. The first-order valence-corrected chi connectivity index (χ1v) is 8.42. The average molecular weight is 358 g/mol. The number of carbonyl (C=O) groups is 3. The van der Waals surface area contributed by atoms with Crippen molar-refractivity contribution in [3.8, 4) is 0 Å². The zero-order chi connectivity index (χ0) is 19.2. The van der Waals surface area contributed by atoms with E-state index in [2.05, 4.69) is 10.6 Å². The molecule has 0 radical (unpaired) electrons. The van der Waals surface area contributed by atoms with Gasteiger partial charge >= 0.3 is 0 Å². The number of hydrogen-bond acceptors (Lipinski definition) is 3. The Hall–Kier alpha value is -3.73. The van der Waals surface area contributed by atoms with Gasteiger partial charge in [0.2, 0.25) is 0 Å². The number of carbonyl (C=O) groups excluding carboxylic acids is 3. The van der Waals surface area contributed by atoms with Gasteiger partial charge in [-0.15, -0.1) is 0 Å². The van der Waals surface area contributed by atoms with Gasteiger partial charge in [0.15, 0.2) is 5.78 Å². The minimum atomic E-state index is -0.295. The fourth-order valence-electron chi connectivity index (χ4n) is 2.52. The van der Waals surface area contributed by atoms with E-state index in [4.69, 9.17) is 0 Å². The maximum atomic E-state index is 12.4. The Balaban J connectivity index is 1.66. The molecule has 0 spiro atoms. The van der Waals surface area contributed by atoms with Gasteiger partial charge in [-0.3, -0.25) is 14.4 Å². The molecule has 0 fully saturated rings. The Labute approximate surface area is 157 Å². The SMILES string of the molecule is CC(=O)c1cccc(NC(=O)c2ccc(NC(=O)c3ccccc3)cc2)c1. The zero-order valence-electron chi connectivity index (χ0n) is 14.7. The molecule has 0 bridgehead atoms. The predicted molar refractivity (Wildman–Crippen MR) is 105 cm³/mol. The number of anilines is 2. The van der Waals surface area contributed by atoms with Crippen molar-refractivity contribution < 1.29 is 14.4 Å². The monoisotopic (exact) mass is 358 g/mol. The second-order valence-corrected chi connectivity index (χ2v) is 5.99. The van der Waals surface area contributed by atoms with E-state index >= 15 is 0 Å². The number of rotatable bonds is 5. The van der Waals surface area contributed by atoms with E-state index in [1.165, 1.54) is 6.92 Å². The molecule has 5 heteroatoms. The molecule has 0 aliphatic heterocycles. The first-order chi connectivity index (χ1) is 13.0. The molecular formula is C22H18N2O3. The molecule has 0 atom stereocenters. The smallest absolute Gasteiger partial charge is 0.255 e. The van der Waals surface area contributed by atoms with Gasteiger partial charge < -0.3 is 10.6 Å². The van der Waals surface area contributed by atoms with Crippen molar-refractivity contribution in [1.29, 1.82) is 0 Å². The van der Waals surface area contributed by atoms with Crippen molar-refractivity contribution in [2.45, 2.75) is 6.92 Å². The maximum absolute atomic E-state index is 12.4. The van der Waals surface area contributed by atoms with E-state index < -0.39 is 0 Å². The molecule has 2 amide bonds. The summed E-state index contributed by atoms with van der Waals surface area (Å²) in [5.74, 6) is -0.574. The lowest BCUT2D eigenvalue weighted by molar-refractivity contribution is 0.101. The zero-order valence-corrected chi connectivity index (χ0v) is 14.7. The first kappa shape index (κ1) is 18.1. The number of nitrogens with one attached hydrogen (secondary N) is 2. The van der Waals surface area contributed by atoms with Gasteiger partial charge in [-0.1, -0.05) is 30.3 Å². The summed E-state index contributed by atoms with van der Waals surface area (Å²) in [4.78, 5) is 35.9. The summed E-state index contributed by atoms with van der Waals surface area (Å²) in [6.07, 6.45) is 0. The van der Waals surface area contributed by atoms with Crippen LogP contribution >= 0.6 is 0 Å². The van der Waals surface area contributed by atoms with Crippen LogP contribution in [0.15, 0.2) is 78.9 Å². The summed E-state index contributed by atoms with van der Waals surface area (Å²) in [6, 6.07) is 22.3. The Bertz CT molecular complexity index is 980. The fourth-order valence-corrected chi connectivity index (χ4v) is 2.52. The minimum absolute atomic E-state index is 0.0652. The van der Waals surface area contributed by atoms with Gasteiger partial charge in [-0.05, 0) is 55.5 Å². The van der Waals surface area contributed by atoms with Crippen molar-refractivity contribution in [1.82, 2.24) is 0 Å². The molecule has 0 aliphatic rings. The van der Waals surface area contributed by atoms with Crippen LogP contribution in [0, 0.1) is 0 Å². The van der Waals surface area contributed by atoms with Crippen LogP contribution in [0.25, 0.3) is 0 Å². The summed E-state index contributed by atoms with van der Waals surface area (Å²) in [5, 5.41) is 5.55. The van der Waals surface area contributed by atoms with Gasteiger partial charge in [0.25, 0.3) is 11.8 Å². The van der Waals surface area contributed by atoms with Crippen molar-refractivity contribution in [3.05, 3.63) is 95.6 Å². The van der Waals surface area contributed by atoms with Crippen molar-refractivity contribution >= 4 is 29.0 Å². The quantitative estimate of drug-likeness (QED) is 0.664. The van der Waals surface area contributed by atoms with E-state index in [-0.39, 0.29) is 17.6 Å². The number of Topliss-reactive ketones (excluding diaryl/α,β-unsaturated/α-hetero) is 1. The normalized spacial score (nSPS) is 10.1. The van der Waals surface area contributed by atoms with Gasteiger partial charge in [0.05, 0.1) is 0 Å². The Morgan fingerprint density at radius 3 is 1.78 bits per heavy atom. The van der Waals surface area contributed by atoms with Gasteiger partial charge in [0, 0.05) is 28.1 Å². The predicted octanol–water partition coefficient (Wildman–Crippen LogP) is 4.39. The molecule has 0 saturated heterocycles. The molecule has 3 aromatic carbocycles. The van der Waals surface area contributed by atoms with Gasteiger partial charge in [0.1, 0.15) is 0 Å². The third-order valence-electron chi connectivity index (χ3n) is 3.97. The summed E-state index contributed by atoms with van der Waals surface area (Å²) in [7, 11) is 0. The van der Waals surface area contributed by atoms with Crippen LogP contribution in [0.2, 0.25) is 0 Å². The molecule has 27 heavy (non-hydrogen) atoms. The Morgan fingerprint density at radius 2 is 1.15 bits per heavy atom. The molecule has 134 valence electrons. The van der Waals surface area contributed by atoms with E-state index in [0.29, 0.717) is 28.1 Å². The van der Waals surface area contributed by atoms with Crippen LogP contribution < -0.4 is 10.6 Å². The third-order valence-corrected chi connectivity index (χ3v) is 3.97. The topological polar surface area (TPSA) is 75.3 Å². The lowest BCUT2D eigenvalue weighted by Gasteiger charge is -2.08. The van der Waals surface area contributed by atoms with Crippen LogP contribution in [0.1, 0.15) is 38.0 Å². The van der Waals surface area contributed by atoms with Crippen molar-refractivity contribution in [2.24, 2.45) is 0 Å². The highest BCUT2D eigenvalue weighted by Gasteiger charge is 2.09. The maximum Gasteiger partial charge on any atom is 0.255 e. The molecule has 0 unspecified atom stereocenters. The largest absolute Gasteiger partial charge is 0.322 e. The minimum Gasteiger partial charge on any atom is -0.322 e. The molecular weight excluding hydrogens is 340 g/mol. The summed E-state index contributed by atoms with van der Waals surface area (Å²) in [6.45, 7) is 1.48. The standard InChI is InChI=1S/C22H18N2O3/c1-15(25)18-8-5-9-20(14-18)24-22(27)17-10-12-19(13-11-17)23-21(26)16-6-3-2-4-7-16/h2-14H,1H3,(H,23,26)(H,24,27). The number of hydrogen-bond donors (Lipinski definition) is 2. The van der Waals surface area contributed by atoms with Crippen LogP contribution in [0.5, 0.6) is 0 Å².